The monoisotopic (exact) mass is 457 g/mol. The zero-order valence-electron chi connectivity index (χ0n) is 16.1. The number of nitrogens with two attached hydrogens (primary N) is 1. The van der Waals surface area contributed by atoms with Crippen LogP contribution >= 0.6 is 0 Å². The smallest absolute Gasteiger partial charge is 0.406 e. The van der Waals surface area contributed by atoms with E-state index in [4.69, 9.17) is 0 Å². The van der Waals surface area contributed by atoms with Gasteiger partial charge in [-0.05, 0) is 35.9 Å². The molecule has 0 atom stereocenters. The number of carbonyl (C=O) groups is 1. The van der Waals surface area contributed by atoms with Crippen LogP contribution in [-0.2, 0) is 6.54 Å². The number of amides is 1. The molecule has 0 unspecified atom stereocenters. The third-order valence-electron chi connectivity index (χ3n) is 4.13. The van der Waals surface area contributed by atoms with Crippen LogP contribution in [0.25, 0.3) is 11.1 Å². The van der Waals surface area contributed by atoms with Crippen LogP contribution in [0, 0.1) is 0 Å². The van der Waals surface area contributed by atoms with Gasteiger partial charge in [-0.15, -0.1) is 26.3 Å². The Hall–Kier alpha value is -3.60. The number of carbonyl (C=O) groups excluding carboxylic acids is 1. The highest BCUT2D eigenvalue weighted by Gasteiger charge is 2.32. The van der Waals surface area contributed by atoms with Gasteiger partial charge < -0.3 is 9.47 Å². The van der Waals surface area contributed by atoms with Crippen LogP contribution in [0.5, 0.6) is 11.5 Å². The topological polar surface area (TPSA) is 65.0 Å². The molecule has 2 aromatic carbocycles. The van der Waals surface area contributed by atoms with Gasteiger partial charge in [-0.2, -0.15) is 0 Å². The van der Waals surface area contributed by atoms with E-state index in [1.54, 1.807) is 0 Å². The molecule has 168 valence electrons. The lowest BCUT2D eigenvalue weighted by molar-refractivity contribution is -0.572. The Labute approximate surface area is 177 Å². The predicted molar refractivity (Wildman–Crippen MR) is 99.4 cm³/mol. The van der Waals surface area contributed by atoms with Crippen molar-refractivity contribution < 1.29 is 45.9 Å². The van der Waals surface area contributed by atoms with Gasteiger partial charge in [0.2, 0.25) is 0 Å². The van der Waals surface area contributed by atoms with Crippen molar-refractivity contribution in [2.45, 2.75) is 19.3 Å². The number of ether oxygens (including phenoxy) is 2. The number of hydrogen-bond acceptors (Lipinski definition) is 4. The predicted octanol–water partition coefficient (Wildman–Crippen LogP) is 4.45. The first kappa shape index (κ1) is 23.1. The van der Waals surface area contributed by atoms with Gasteiger partial charge in [-0.1, -0.05) is 24.3 Å². The molecule has 0 saturated carbocycles. The number of alkyl halides is 6. The van der Waals surface area contributed by atoms with Gasteiger partial charge in [0.05, 0.1) is 5.56 Å². The highest BCUT2D eigenvalue weighted by Crippen LogP contribution is 2.28. The Morgan fingerprint density at radius 2 is 1.56 bits per heavy atom. The molecular weight excluding hydrogens is 442 g/mol. The quantitative estimate of drug-likeness (QED) is 0.556. The third kappa shape index (κ3) is 6.71. The Kier molecular flexibility index (Phi) is 6.68. The molecule has 1 amide bonds. The Morgan fingerprint density at radius 1 is 0.844 bits per heavy atom. The molecule has 0 radical (unpaired) electrons. The fourth-order valence-electron chi connectivity index (χ4n) is 2.82. The van der Waals surface area contributed by atoms with E-state index in [1.165, 1.54) is 54.1 Å². The first-order valence-corrected chi connectivity index (χ1v) is 9.02. The summed E-state index contributed by atoms with van der Waals surface area (Å²) >= 11 is 0. The molecule has 0 aliphatic carbocycles. The summed E-state index contributed by atoms with van der Waals surface area (Å²) in [6.45, 7) is -0.135. The summed E-state index contributed by atoms with van der Waals surface area (Å²) in [5, 5.41) is 1.17. The summed E-state index contributed by atoms with van der Waals surface area (Å²) in [5.41, 5.74) is 0.952. The maximum atomic E-state index is 12.5. The molecular formula is C21H15F6N2O3+. The lowest BCUT2D eigenvalue weighted by atomic mass is 10.1. The number of para-hydroxylation sites is 1. The maximum Gasteiger partial charge on any atom is 0.573 e. The minimum atomic E-state index is -4.87. The number of hydrogen-bond donors (Lipinski definition) is 1. The standard InChI is InChI=1S/C21H14F6N2O3/c22-20(23,24)31-17-6-3-5-13(9-17)15-8-16(11-28-10-15)19(30)29-12-14-4-1-2-7-18(14)32-21(25,26)27/h1-11H,12H2,(H,29,30)/p+1. The second-order valence-corrected chi connectivity index (χ2v) is 6.47. The van der Waals surface area contributed by atoms with Crippen molar-refractivity contribution in [1.82, 2.24) is 4.98 Å². The average Bonchev–Trinajstić information content (AvgIpc) is 2.71. The molecule has 32 heavy (non-hydrogen) atoms. The Bertz CT molecular complexity index is 1100. The number of quaternary nitrogens is 1. The first-order valence-electron chi connectivity index (χ1n) is 9.02. The molecule has 3 rings (SSSR count). The van der Waals surface area contributed by atoms with Crippen molar-refractivity contribution in [2.24, 2.45) is 0 Å². The molecule has 3 aromatic rings. The van der Waals surface area contributed by atoms with Crippen LogP contribution in [0.15, 0.2) is 67.0 Å². The van der Waals surface area contributed by atoms with Gasteiger partial charge in [-0.25, -0.2) is 4.79 Å². The van der Waals surface area contributed by atoms with Gasteiger partial charge in [0.1, 0.15) is 18.0 Å². The van der Waals surface area contributed by atoms with Gasteiger partial charge in [0.15, 0.2) is 0 Å². The van der Waals surface area contributed by atoms with Crippen LogP contribution in [0.3, 0.4) is 0 Å². The fourth-order valence-corrected chi connectivity index (χ4v) is 2.82. The summed E-state index contributed by atoms with van der Waals surface area (Å²) in [6, 6.07) is 12.0. The summed E-state index contributed by atoms with van der Waals surface area (Å²) < 4.78 is 82.7. The molecule has 5 nitrogen and oxygen atoms in total. The van der Waals surface area contributed by atoms with E-state index in [0.29, 0.717) is 11.1 Å². The molecule has 0 fully saturated rings. The molecule has 0 bridgehead atoms. The zero-order valence-corrected chi connectivity index (χ0v) is 16.1. The molecule has 0 saturated heterocycles. The van der Waals surface area contributed by atoms with Crippen LogP contribution in [0.1, 0.15) is 15.9 Å². The van der Waals surface area contributed by atoms with Crippen molar-refractivity contribution in [3.8, 4) is 22.6 Å². The third-order valence-corrected chi connectivity index (χ3v) is 4.13. The molecule has 1 aromatic heterocycles. The fraction of sp³-hybridized carbons (Fsp3) is 0.143. The lowest BCUT2D eigenvalue weighted by Crippen LogP contribution is -2.86. The van der Waals surface area contributed by atoms with E-state index in [1.807, 2.05) is 0 Å². The lowest BCUT2D eigenvalue weighted by Gasteiger charge is -2.12. The number of primary amides is 1. The van der Waals surface area contributed by atoms with Gasteiger partial charge in [0.25, 0.3) is 0 Å². The second-order valence-electron chi connectivity index (χ2n) is 6.47. The van der Waals surface area contributed by atoms with E-state index >= 15 is 0 Å². The van der Waals surface area contributed by atoms with Crippen molar-refractivity contribution >= 4 is 5.91 Å². The van der Waals surface area contributed by atoms with E-state index in [2.05, 4.69) is 14.5 Å². The van der Waals surface area contributed by atoms with E-state index < -0.39 is 30.1 Å². The first-order chi connectivity index (χ1) is 15.0. The summed E-state index contributed by atoms with van der Waals surface area (Å²) in [6.07, 6.45) is -7.12. The van der Waals surface area contributed by atoms with Crippen molar-refractivity contribution in [2.75, 3.05) is 0 Å². The minimum absolute atomic E-state index is 0.110. The van der Waals surface area contributed by atoms with Crippen LogP contribution in [0.2, 0.25) is 0 Å². The highest BCUT2D eigenvalue weighted by molar-refractivity contribution is 5.88. The molecule has 2 N–H and O–H groups in total. The van der Waals surface area contributed by atoms with Crippen molar-refractivity contribution in [1.29, 1.82) is 0 Å². The van der Waals surface area contributed by atoms with Crippen LogP contribution in [0.4, 0.5) is 26.3 Å². The second kappa shape index (κ2) is 9.27. The van der Waals surface area contributed by atoms with Gasteiger partial charge in [0, 0.05) is 23.5 Å². The molecule has 11 heteroatoms. The largest absolute Gasteiger partial charge is 0.573 e. The normalized spacial score (nSPS) is 11.8. The van der Waals surface area contributed by atoms with Gasteiger partial charge >= 0.3 is 18.6 Å². The number of aromatic nitrogens is 1. The number of benzene rings is 2. The molecule has 1 heterocycles. The van der Waals surface area contributed by atoms with E-state index in [0.717, 1.165) is 18.2 Å². The number of rotatable bonds is 6. The van der Waals surface area contributed by atoms with Gasteiger partial charge in [-0.3, -0.25) is 10.3 Å². The Balaban J connectivity index is 1.74. The van der Waals surface area contributed by atoms with E-state index in [9.17, 15) is 31.1 Å². The van der Waals surface area contributed by atoms with Crippen LogP contribution < -0.4 is 14.8 Å². The van der Waals surface area contributed by atoms with Crippen molar-refractivity contribution in [3.05, 3.63) is 78.1 Å². The molecule has 0 aliphatic heterocycles. The minimum Gasteiger partial charge on any atom is -0.406 e. The summed E-state index contributed by atoms with van der Waals surface area (Å²) in [7, 11) is 0. The highest BCUT2D eigenvalue weighted by atomic mass is 19.4. The molecule has 0 aliphatic rings. The van der Waals surface area contributed by atoms with Crippen molar-refractivity contribution in [3.63, 3.8) is 0 Å². The van der Waals surface area contributed by atoms with Crippen LogP contribution in [-0.4, -0.2) is 23.6 Å². The number of halogens is 6. The van der Waals surface area contributed by atoms with E-state index in [-0.39, 0.29) is 17.7 Å². The molecule has 0 spiro atoms. The SMILES string of the molecule is O=C([NH2+]Cc1ccccc1OC(F)(F)F)c1cncc(-c2cccc(OC(F)(F)F)c2)c1. The average molecular weight is 457 g/mol. The zero-order chi connectivity index (χ0) is 23.4. The number of nitrogens with zero attached hydrogens (tertiary/aromatic N) is 1. The Morgan fingerprint density at radius 3 is 2.28 bits per heavy atom. The number of pyridine rings is 1. The maximum absolute atomic E-state index is 12.5. The summed E-state index contributed by atoms with van der Waals surface area (Å²) in [4.78, 5) is 16.5. The summed E-state index contributed by atoms with van der Waals surface area (Å²) in [5.74, 6) is -1.37.